The lowest BCUT2D eigenvalue weighted by Crippen LogP contribution is -2.15. The van der Waals surface area contributed by atoms with Crippen LogP contribution >= 0.6 is 0 Å². The highest BCUT2D eigenvalue weighted by Gasteiger charge is 2.30. The lowest BCUT2D eigenvalue weighted by atomic mass is 9.79. The van der Waals surface area contributed by atoms with Crippen LogP contribution in [-0.2, 0) is 11.8 Å². The predicted molar refractivity (Wildman–Crippen MR) is 291 cm³/mol. The van der Waals surface area contributed by atoms with Gasteiger partial charge < -0.3 is 13.4 Å². The van der Waals surface area contributed by atoms with E-state index in [1.165, 1.54) is 33.3 Å². The quantitative estimate of drug-likeness (QED) is 0.166. The fourth-order valence-corrected chi connectivity index (χ4v) is 10.7. The second kappa shape index (κ2) is 16.0. The third kappa shape index (κ3) is 7.14. The van der Waals surface area contributed by atoms with Gasteiger partial charge in [0, 0.05) is 71.6 Å². The van der Waals surface area contributed by atoms with E-state index in [1.807, 2.05) is 72.8 Å². The van der Waals surface area contributed by atoms with E-state index in [-0.39, 0.29) is 10.8 Å². The summed E-state index contributed by atoms with van der Waals surface area (Å²) < 4.78 is 15.3. The molecule has 71 heavy (non-hydrogen) atoms. The van der Waals surface area contributed by atoms with Gasteiger partial charge in [0.05, 0.1) is 11.2 Å². The molecule has 0 amide bonds. The van der Waals surface area contributed by atoms with Crippen molar-refractivity contribution in [3.8, 4) is 62.1 Å². The summed E-state index contributed by atoms with van der Waals surface area (Å²) in [6.45, 7) is 13.9. The van der Waals surface area contributed by atoms with Crippen LogP contribution in [0.25, 0.3) is 123 Å². The number of allylic oxidation sites excluding steroid dienone is 1. The molecule has 0 N–H and O–H groups in total. The summed E-state index contributed by atoms with van der Waals surface area (Å²) >= 11 is 0. The second-order valence-electron chi connectivity index (χ2n) is 21.0. The molecule has 4 aromatic heterocycles. The van der Waals surface area contributed by atoms with E-state index in [9.17, 15) is 0 Å². The summed E-state index contributed by atoms with van der Waals surface area (Å²) in [5.41, 5.74) is 17.5. The molecule has 0 unspecified atom stereocenters. The molecular formula is C65H50N4O2. The van der Waals surface area contributed by atoms with Crippen LogP contribution in [-0.4, -0.2) is 19.5 Å². The topological polar surface area (TPSA) is 69.9 Å². The van der Waals surface area contributed by atoms with Crippen molar-refractivity contribution in [3.05, 3.63) is 198 Å². The van der Waals surface area contributed by atoms with Crippen LogP contribution in [0.15, 0.2) is 178 Å². The van der Waals surface area contributed by atoms with Gasteiger partial charge in [0.25, 0.3) is 0 Å². The van der Waals surface area contributed by atoms with Crippen molar-refractivity contribution in [3.63, 3.8) is 0 Å². The molecule has 1 aliphatic rings. The molecule has 0 bridgehead atoms. The second-order valence-corrected chi connectivity index (χ2v) is 21.0. The van der Waals surface area contributed by atoms with E-state index in [0.717, 1.165) is 101 Å². The van der Waals surface area contributed by atoms with Gasteiger partial charge in [-0.1, -0.05) is 156 Å². The third-order valence-corrected chi connectivity index (χ3v) is 14.4. The summed E-state index contributed by atoms with van der Waals surface area (Å²) in [6, 6.07) is 64.0. The van der Waals surface area contributed by atoms with Gasteiger partial charge in [-0.3, -0.25) is 0 Å². The number of hydrogen-bond donors (Lipinski definition) is 0. The summed E-state index contributed by atoms with van der Waals surface area (Å²) in [5, 5.41) is 5.27. The number of rotatable bonds is 6. The minimum Gasteiger partial charge on any atom is -0.456 e. The van der Waals surface area contributed by atoms with Crippen LogP contribution in [0, 0.1) is 17.5 Å². The molecule has 0 fully saturated rings. The number of para-hydroxylation sites is 2. The Labute approximate surface area is 413 Å². The third-order valence-electron chi connectivity index (χ3n) is 14.4. The molecule has 4 heterocycles. The van der Waals surface area contributed by atoms with Gasteiger partial charge in [0.2, 0.25) is 0 Å². The van der Waals surface area contributed by atoms with Gasteiger partial charge in [-0.2, -0.15) is 0 Å². The van der Waals surface area contributed by atoms with Crippen molar-refractivity contribution in [1.29, 1.82) is 0 Å². The molecule has 0 radical (unpaired) electrons. The molecule has 0 saturated carbocycles. The zero-order valence-corrected chi connectivity index (χ0v) is 40.7. The predicted octanol–water partition coefficient (Wildman–Crippen LogP) is 17.2. The first kappa shape index (κ1) is 42.6. The first-order valence-electron chi connectivity index (χ1n) is 24.5. The van der Waals surface area contributed by atoms with Crippen LogP contribution < -0.4 is 0 Å². The smallest absolute Gasteiger partial charge is 0.164 e. The van der Waals surface area contributed by atoms with E-state index in [4.69, 9.17) is 23.8 Å². The summed E-state index contributed by atoms with van der Waals surface area (Å²) in [7, 11) is 0. The molecule has 13 rings (SSSR count). The van der Waals surface area contributed by atoms with Crippen molar-refractivity contribution < 1.29 is 8.83 Å². The van der Waals surface area contributed by atoms with Crippen LogP contribution in [0.5, 0.6) is 0 Å². The van der Waals surface area contributed by atoms with Gasteiger partial charge in [0.15, 0.2) is 17.5 Å². The molecular weight excluding hydrogens is 869 g/mol. The molecule has 0 spiro atoms. The molecule has 0 aliphatic heterocycles. The minimum absolute atomic E-state index is 0.0260. The number of furan rings is 2. The van der Waals surface area contributed by atoms with E-state index in [1.54, 1.807) is 0 Å². The highest BCUT2D eigenvalue weighted by atomic mass is 16.3. The Morgan fingerprint density at radius 2 is 1.18 bits per heavy atom. The zero-order valence-electron chi connectivity index (χ0n) is 40.7. The number of benzene rings is 7. The minimum atomic E-state index is -0.0260. The number of nitrogens with zero attached hydrogens (tertiary/aromatic N) is 4. The first-order chi connectivity index (χ1) is 34.4. The maximum Gasteiger partial charge on any atom is 0.164 e. The largest absolute Gasteiger partial charge is 0.456 e. The fourth-order valence-electron chi connectivity index (χ4n) is 10.7. The van der Waals surface area contributed by atoms with E-state index in [0.29, 0.717) is 17.5 Å². The summed E-state index contributed by atoms with van der Waals surface area (Å²) in [4.78, 5) is 16.2. The Kier molecular flexibility index (Phi) is 9.60. The molecule has 0 saturated heterocycles. The van der Waals surface area contributed by atoms with Crippen LogP contribution in [0.2, 0.25) is 0 Å². The fraction of sp³-hybridized carbons (Fsp3) is 0.154. The molecule has 1 aliphatic carbocycles. The average molecular weight is 919 g/mol. The van der Waals surface area contributed by atoms with Gasteiger partial charge in [-0.25, -0.2) is 15.0 Å². The lowest BCUT2D eigenvalue weighted by molar-refractivity contribution is 0.483. The molecule has 6 heteroatoms. The van der Waals surface area contributed by atoms with Crippen molar-refractivity contribution in [1.82, 2.24) is 19.5 Å². The Morgan fingerprint density at radius 1 is 0.493 bits per heavy atom. The Balaban J connectivity index is 1.12. The van der Waals surface area contributed by atoms with E-state index >= 15 is 0 Å². The number of hydrogen-bond acceptors (Lipinski definition) is 5. The van der Waals surface area contributed by atoms with Crippen molar-refractivity contribution >= 4 is 60.9 Å². The van der Waals surface area contributed by atoms with Crippen molar-refractivity contribution in [2.24, 2.45) is 5.41 Å². The number of aromatic nitrogens is 4. The maximum atomic E-state index is 6.42. The van der Waals surface area contributed by atoms with Gasteiger partial charge in [0.1, 0.15) is 22.3 Å². The van der Waals surface area contributed by atoms with Crippen LogP contribution in [0.1, 0.15) is 64.8 Å². The van der Waals surface area contributed by atoms with Crippen LogP contribution in [0.3, 0.4) is 0 Å². The zero-order chi connectivity index (χ0) is 48.2. The summed E-state index contributed by atoms with van der Waals surface area (Å²) in [6.07, 6.45) is 4.38. The monoisotopic (exact) mass is 918 g/mol. The highest BCUT2D eigenvalue weighted by Crippen LogP contribution is 2.47. The SMILES string of the molecule is CC(C)(C)C1=Cc2c(n(-c3c(-c4c#cccc4)cc(-c4nc(-c5ccc6oc7ccccc7c6c5)nc(-c5cccc6oc7ccccc7c56)n4)cc3-c3ccccc3)c3ccc(C(C)(C)C)cc23)CC1. The van der Waals surface area contributed by atoms with E-state index < -0.39 is 0 Å². The normalized spacial score (nSPS) is 13.1. The average Bonchev–Trinajstić information content (AvgIpc) is 4.07. The number of fused-ring (bicyclic) bond motifs is 9. The van der Waals surface area contributed by atoms with Gasteiger partial charge >= 0.3 is 0 Å². The van der Waals surface area contributed by atoms with Gasteiger partial charge in [-0.15, -0.1) is 0 Å². The lowest BCUT2D eigenvalue weighted by Gasteiger charge is -2.28. The summed E-state index contributed by atoms with van der Waals surface area (Å²) in [5.74, 6) is 1.64. The molecule has 0 atom stereocenters. The standard InChI is InChI=1S/C65H50N4O2/c1-64(2,3)43-29-31-53-50(37-43)51-38-44(65(4,5)6)30-32-54(51)69(53)60-48(39-18-9-7-10-19-39)35-42(36-49(60)40-20-11-8-12-21-40)62-66-61(41-28-33-57-52(34-41)45-22-13-15-25-55(45)70-57)67-63(68-62)47-24-17-27-58-59(47)46-23-14-16-26-56(46)71-58/h7-11,13-20,22-29,31,33-38H,30,32H2,1-6H3. The highest BCUT2D eigenvalue weighted by molar-refractivity contribution is 6.12. The van der Waals surface area contributed by atoms with E-state index in [2.05, 4.69) is 155 Å². The Hall–Kier alpha value is -8.53. The molecule has 12 aromatic rings. The maximum absolute atomic E-state index is 6.42. The molecule has 8 aromatic carbocycles. The van der Waals surface area contributed by atoms with Crippen LogP contribution in [0.4, 0.5) is 0 Å². The van der Waals surface area contributed by atoms with Crippen molar-refractivity contribution in [2.75, 3.05) is 0 Å². The molecule has 6 nitrogen and oxygen atoms in total. The van der Waals surface area contributed by atoms with Gasteiger partial charge in [-0.05, 0) is 108 Å². The molecule has 342 valence electrons. The Bertz CT molecular complexity index is 4060. The van der Waals surface area contributed by atoms with Crippen molar-refractivity contribution in [2.45, 2.75) is 59.8 Å². The first-order valence-corrected chi connectivity index (χ1v) is 24.5. The Morgan fingerprint density at radius 3 is 1.96 bits per heavy atom.